The van der Waals surface area contributed by atoms with Crippen LogP contribution in [-0.4, -0.2) is 101 Å². The molecule has 0 saturated heterocycles. The largest absolute Gasteiger partial charge is 0.494 e. The molecule has 0 saturated carbocycles. The molecule has 14 heteroatoms. The molecule has 1 amide bonds. The van der Waals surface area contributed by atoms with Gasteiger partial charge in [-0.05, 0) is 104 Å². The number of benzene rings is 4. The topological polar surface area (TPSA) is 164 Å². The minimum absolute atomic E-state index is 0.167. The van der Waals surface area contributed by atoms with Crippen molar-refractivity contribution in [2.24, 2.45) is 4.99 Å². The van der Waals surface area contributed by atoms with Crippen LogP contribution in [0.15, 0.2) is 112 Å². The van der Waals surface area contributed by atoms with Gasteiger partial charge in [0.25, 0.3) is 5.91 Å². The Labute approximate surface area is 342 Å². The van der Waals surface area contributed by atoms with Crippen molar-refractivity contribution in [1.82, 2.24) is 24.2 Å². The second-order valence-corrected chi connectivity index (χ2v) is 17.7. The fraction of sp³-hybridized carbons (Fsp3) is 0.318. The van der Waals surface area contributed by atoms with Crippen LogP contribution in [0.5, 0.6) is 5.88 Å². The van der Waals surface area contributed by atoms with Crippen molar-refractivity contribution in [3.8, 4) is 39.4 Å². The summed E-state index contributed by atoms with van der Waals surface area (Å²) in [5.74, 6) is -0.638. The van der Waals surface area contributed by atoms with Gasteiger partial charge in [0.05, 0.1) is 32.3 Å². The minimum atomic E-state index is -3.64. The number of nitrogens with one attached hydrogen (secondary N) is 3. The third-order valence-corrected chi connectivity index (χ3v) is 13.6. The number of nitrogens with zero attached hydrogens (tertiary/aromatic N) is 3. The first-order valence-electron chi connectivity index (χ1n) is 19.8. The Morgan fingerprint density at radius 3 is 1.31 bits per heavy atom. The summed E-state index contributed by atoms with van der Waals surface area (Å²) in [5.41, 5.74) is 6.06. The zero-order valence-electron chi connectivity index (χ0n) is 33.5. The van der Waals surface area contributed by atoms with Gasteiger partial charge in [-0.2, -0.15) is 0 Å². The smallest absolute Gasteiger partial charge is 0.280 e. The molecule has 5 aromatic rings. The molecule has 0 spiro atoms. The summed E-state index contributed by atoms with van der Waals surface area (Å²) in [7, 11) is -7.27. The predicted molar refractivity (Wildman–Crippen MR) is 230 cm³/mol. The monoisotopic (exact) mass is 824 g/mol. The average Bonchev–Trinajstić information content (AvgIpc) is 3.78. The molecule has 0 radical (unpaired) electrons. The van der Waals surface area contributed by atoms with Crippen molar-refractivity contribution in [2.75, 3.05) is 52.4 Å². The molecule has 0 fully saturated rings. The van der Waals surface area contributed by atoms with Crippen molar-refractivity contribution in [2.45, 2.75) is 50.3 Å². The number of aromatic amines is 1. The maximum absolute atomic E-state index is 13.3. The number of carbonyl (C=O) groups is 1. The highest BCUT2D eigenvalue weighted by molar-refractivity contribution is 7.89. The maximum Gasteiger partial charge on any atom is 0.280 e. The third-order valence-electron chi connectivity index (χ3n) is 10.6. The highest BCUT2D eigenvalue weighted by Gasteiger charge is 2.33. The lowest BCUT2D eigenvalue weighted by Crippen LogP contribution is -2.30. The summed E-state index contributed by atoms with van der Waals surface area (Å²) in [5, 5.41) is 11.0. The summed E-state index contributed by atoms with van der Waals surface area (Å²) < 4.78 is 56.8. The summed E-state index contributed by atoms with van der Waals surface area (Å²) in [6, 6.07) is 28.2. The molecule has 1 aliphatic rings. The van der Waals surface area contributed by atoms with Crippen LogP contribution < -0.4 is 9.44 Å². The molecule has 1 aliphatic heterocycles. The Morgan fingerprint density at radius 2 is 0.914 bits per heavy atom. The van der Waals surface area contributed by atoms with Crippen LogP contribution in [-0.2, 0) is 20.0 Å². The number of aromatic hydroxyl groups is 1. The van der Waals surface area contributed by atoms with Crippen molar-refractivity contribution < 1.29 is 26.7 Å². The summed E-state index contributed by atoms with van der Waals surface area (Å²) in [4.78, 5) is 25.5. The zero-order valence-corrected chi connectivity index (χ0v) is 35.1. The van der Waals surface area contributed by atoms with E-state index in [1.807, 2.05) is 48.5 Å². The average molecular weight is 825 g/mol. The number of aliphatic imine (C=N–C) groups is 1. The fourth-order valence-corrected chi connectivity index (χ4v) is 9.29. The molecule has 12 nitrogen and oxygen atoms in total. The van der Waals surface area contributed by atoms with Gasteiger partial charge in [-0.3, -0.25) is 4.79 Å². The number of rotatable bonds is 20. The number of aromatic nitrogens is 1. The van der Waals surface area contributed by atoms with Crippen molar-refractivity contribution in [1.29, 1.82) is 0 Å². The van der Waals surface area contributed by atoms with Crippen LogP contribution >= 0.6 is 0 Å². The normalized spacial score (nSPS) is 13.1. The summed E-state index contributed by atoms with van der Waals surface area (Å²) >= 11 is 0. The lowest BCUT2D eigenvalue weighted by molar-refractivity contribution is 0.101. The molecule has 4 N–H and O–H groups in total. The predicted octanol–water partition coefficient (Wildman–Crippen LogP) is 6.73. The molecule has 0 unspecified atom stereocenters. The molecule has 6 rings (SSSR count). The SMILES string of the molecule is CCN(CC)CCCNS(=O)(=O)c1ccc(-c2ccc(C3=NC(=O)c4c(-c5ccc(-c6ccc(S(=O)(=O)NCCCN(CC)CC)cc6)cc5)[nH]c(O)c43)cc2)cc1. The van der Waals surface area contributed by atoms with Gasteiger partial charge in [0, 0.05) is 18.7 Å². The number of amides is 1. The lowest BCUT2D eigenvalue weighted by Gasteiger charge is -2.17. The Balaban J connectivity index is 1.10. The first kappa shape index (κ1) is 42.6. The van der Waals surface area contributed by atoms with Gasteiger partial charge >= 0.3 is 0 Å². The van der Waals surface area contributed by atoms with E-state index >= 15 is 0 Å². The molecular formula is C44H52N6O6S2. The highest BCUT2D eigenvalue weighted by atomic mass is 32.2. The van der Waals surface area contributed by atoms with Crippen molar-refractivity contribution >= 4 is 31.7 Å². The number of sulfonamides is 2. The van der Waals surface area contributed by atoms with Gasteiger partial charge in [-0.15, -0.1) is 0 Å². The van der Waals surface area contributed by atoms with Crippen LogP contribution in [0.4, 0.5) is 0 Å². The van der Waals surface area contributed by atoms with Gasteiger partial charge in [0.2, 0.25) is 20.0 Å². The number of H-pyrrole nitrogens is 1. The van der Waals surface area contributed by atoms with Gasteiger partial charge < -0.3 is 19.9 Å². The molecule has 2 heterocycles. The maximum atomic E-state index is 13.3. The molecule has 58 heavy (non-hydrogen) atoms. The van der Waals surface area contributed by atoms with Crippen LogP contribution in [0.25, 0.3) is 33.5 Å². The molecule has 306 valence electrons. The lowest BCUT2D eigenvalue weighted by atomic mass is 9.97. The van der Waals surface area contributed by atoms with E-state index in [0.717, 1.165) is 74.4 Å². The summed E-state index contributed by atoms with van der Waals surface area (Å²) in [6.07, 6.45) is 1.45. The molecular weight excluding hydrogens is 773 g/mol. The first-order chi connectivity index (χ1) is 27.9. The van der Waals surface area contributed by atoms with Gasteiger partial charge in [0.15, 0.2) is 5.88 Å². The van der Waals surface area contributed by atoms with E-state index in [0.29, 0.717) is 41.2 Å². The van der Waals surface area contributed by atoms with Gasteiger partial charge in [0.1, 0.15) is 0 Å². The second-order valence-electron chi connectivity index (χ2n) is 14.1. The first-order valence-corrected chi connectivity index (χ1v) is 22.8. The Hall–Kier alpha value is -4.96. The molecule has 1 aromatic heterocycles. The van der Waals surface area contributed by atoms with E-state index in [9.17, 15) is 26.7 Å². The second kappa shape index (κ2) is 18.7. The van der Waals surface area contributed by atoms with Crippen LogP contribution in [0.1, 0.15) is 62.0 Å². The van der Waals surface area contributed by atoms with Gasteiger partial charge in [-0.1, -0.05) is 100 Å². The van der Waals surface area contributed by atoms with Crippen LogP contribution in [0.2, 0.25) is 0 Å². The van der Waals surface area contributed by atoms with E-state index in [2.05, 4.69) is 56.9 Å². The fourth-order valence-electron chi connectivity index (χ4n) is 7.14. The Bertz CT molecular complexity index is 2440. The van der Waals surface area contributed by atoms with E-state index in [1.54, 1.807) is 48.5 Å². The van der Waals surface area contributed by atoms with Crippen LogP contribution in [0, 0.1) is 0 Å². The standard InChI is InChI=1S/C44H52N6O6S2/c1-5-49(6-2)29-9-27-45-57(53,54)37-23-19-33(20-24-37)31-11-15-35(16-12-31)41-39-40(44(52)47-41)42(48-43(39)51)36-17-13-32(14-18-36)34-21-25-38(26-22-34)58(55,56)46-28-10-30-50(7-3)8-4/h11-26,45-47,52H,5-10,27-30H2,1-4H3. The van der Waals surface area contributed by atoms with E-state index in [4.69, 9.17) is 0 Å². The van der Waals surface area contributed by atoms with E-state index in [1.165, 1.54) is 0 Å². The van der Waals surface area contributed by atoms with Crippen molar-refractivity contribution in [3.63, 3.8) is 0 Å². The Morgan fingerprint density at radius 1 is 0.552 bits per heavy atom. The number of fused-ring (bicyclic) bond motifs is 1. The zero-order chi connectivity index (χ0) is 41.5. The summed E-state index contributed by atoms with van der Waals surface area (Å²) in [6.45, 7) is 14.5. The number of hydrogen-bond donors (Lipinski definition) is 4. The molecule has 0 aliphatic carbocycles. The molecule has 0 atom stereocenters. The van der Waals surface area contributed by atoms with E-state index in [-0.39, 0.29) is 21.2 Å². The van der Waals surface area contributed by atoms with Crippen LogP contribution in [0.3, 0.4) is 0 Å². The van der Waals surface area contributed by atoms with E-state index < -0.39 is 26.0 Å². The highest BCUT2D eigenvalue weighted by Crippen LogP contribution is 2.39. The molecule has 0 bridgehead atoms. The quantitative estimate of drug-likeness (QED) is 0.0628. The minimum Gasteiger partial charge on any atom is -0.494 e. The molecule has 4 aromatic carbocycles. The third kappa shape index (κ3) is 9.66. The van der Waals surface area contributed by atoms with Gasteiger partial charge in [-0.25, -0.2) is 31.3 Å². The Kier molecular flexibility index (Phi) is 13.8. The number of hydrogen-bond acceptors (Lipinski definition) is 8. The van der Waals surface area contributed by atoms with Crippen molar-refractivity contribution in [3.05, 3.63) is 114 Å². The number of carbonyl (C=O) groups excluding carboxylic acids is 1.